The Hall–Kier alpha value is -0.240. The van der Waals surface area contributed by atoms with E-state index in [0.29, 0.717) is 25.9 Å². The van der Waals surface area contributed by atoms with E-state index in [4.69, 9.17) is 19.7 Å². The van der Waals surface area contributed by atoms with E-state index < -0.39 is 12.2 Å². The Morgan fingerprint density at radius 1 is 0.952 bits per heavy atom. The molecule has 6 heteroatoms. The van der Waals surface area contributed by atoms with Crippen LogP contribution in [0.25, 0.3) is 0 Å². The lowest BCUT2D eigenvalue weighted by Crippen LogP contribution is -2.33. The summed E-state index contributed by atoms with van der Waals surface area (Å²) in [4.78, 5) is 0. The zero-order valence-corrected chi connectivity index (χ0v) is 13.7. The molecule has 0 aromatic heterocycles. The first-order valence-electron chi connectivity index (χ1n) is 7.48. The van der Waals surface area contributed by atoms with E-state index in [1.807, 2.05) is 20.8 Å². The van der Waals surface area contributed by atoms with E-state index in [1.165, 1.54) is 0 Å². The van der Waals surface area contributed by atoms with Crippen LogP contribution in [0.5, 0.6) is 0 Å². The average Bonchev–Trinajstić information content (AvgIpc) is 2.41. The quantitative estimate of drug-likeness (QED) is 0.438. The molecule has 0 aromatic rings. The molecule has 0 amide bonds. The summed E-state index contributed by atoms with van der Waals surface area (Å²) in [5.74, 6) is -0.164. The topological polar surface area (TPSA) is 99.4 Å². The fourth-order valence-electron chi connectivity index (χ4n) is 2.28. The smallest absolute Gasteiger partial charge is 0.0774 e. The van der Waals surface area contributed by atoms with Crippen molar-refractivity contribution in [1.82, 2.24) is 0 Å². The van der Waals surface area contributed by atoms with Crippen molar-refractivity contribution in [2.45, 2.75) is 63.9 Å². The van der Waals surface area contributed by atoms with Gasteiger partial charge in [0.05, 0.1) is 37.1 Å². The number of hydrogen-bond acceptors (Lipinski definition) is 6. The first-order chi connectivity index (χ1) is 9.73. The fourth-order valence-corrected chi connectivity index (χ4v) is 2.28. The van der Waals surface area contributed by atoms with Gasteiger partial charge in [0.15, 0.2) is 0 Å². The van der Waals surface area contributed by atoms with Crippen LogP contribution < -0.4 is 0 Å². The Kier molecular flexibility index (Phi) is 10.4. The molecule has 0 aliphatic rings. The monoisotopic (exact) mass is 308 g/mol. The third-order valence-corrected chi connectivity index (χ3v) is 3.34. The van der Waals surface area contributed by atoms with Crippen molar-refractivity contribution in [3.05, 3.63) is 0 Å². The second-order valence-corrected chi connectivity index (χ2v) is 6.43. The predicted molar refractivity (Wildman–Crippen MR) is 80.0 cm³/mol. The van der Waals surface area contributed by atoms with Crippen molar-refractivity contribution in [2.75, 3.05) is 26.9 Å². The lowest BCUT2D eigenvalue weighted by Gasteiger charge is -2.30. The van der Waals surface area contributed by atoms with Crippen molar-refractivity contribution in [2.24, 2.45) is 5.92 Å². The van der Waals surface area contributed by atoms with Crippen LogP contribution in [-0.2, 0) is 9.47 Å². The van der Waals surface area contributed by atoms with Crippen molar-refractivity contribution < 1.29 is 29.9 Å². The van der Waals surface area contributed by atoms with Gasteiger partial charge in [0.25, 0.3) is 0 Å². The van der Waals surface area contributed by atoms with Gasteiger partial charge in [-0.05, 0) is 46.0 Å². The number of aliphatic hydroxyl groups is 4. The first kappa shape index (κ1) is 20.8. The van der Waals surface area contributed by atoms with E-state index in [1.54, 1.807) is 7.11 Å². The molecule has 6 nitrogen and oxygen atoms in total. The molecule has 0 saturated carbocycles. The molecule has 3 unspecified atom stereocenters. The lowest BCUT2D eigenvalue weighted by molar-refractivity contribution is -0.0534. The molecule has 0 fully saturated rings. The van der Waals surface area contributed by atoms with Gasteiger partial charge in [-0.15, -0.1) is 0 Å². The minimum absolute atomic E-state index is 0.164. The van der Waals surface area contributed by atoms with Crippen LogP contribution in [0.1, 0.15) is 40.0 Å². The van der Waals surface area contributed by atoms with E-state index in [9.17, 15) is 10.2 Å². The number of methoxy groups -OCH3 is 1. The van der Waals surface area contributed by atoms with Gasteiger partial charge in [0.2, 0.25) is 0 Å². The van der Waals surface area contributed by atoms with Gasteiger partial charge in [0, 0.05) is 13.7 Å². The Morgan fingerprint density at radius 2 is 1.43 bits per heavy atom. The fraction of sp³-hybridized carbons (Fsp3) is 1.00. The molecule has 0 rings (SSSR count). The Bertz CT molecular complexity index is 241. The van der Waals surface area contributed by atoms with Crippen LogP contribution in [0.2, 0.25) is 0 Å². The van der Waals surface area contributed by atoms with E-state index >= 15 is 0 Å². The summed E-state index contributed by atoms with van der Waals surface area (Å²) >= 11 is 0. The summed E-state index contributed by atoms with van der Waals surface area (Å²) < 4.78 is 11.1. The molecule has 3 atom stereocenters. The minimum Gasteiger partial charge on any atom is -0.394 e. The van der Waals surface area contributed by atoms with Crippen molar-refractivity contribution in [3.63, 3.8) is 0 Å². The maximum atomic E-state index is 9.63. The Morgan fingerprint density at radius 3 is 1.76 bits per heavy atom. The highest BCUT2D eigenvalue weighted by Crippen LogP contribution is 2.23. The second-order valence-electron chi connectivity index (χ2n) is 6.43. The Labute approximate surface area is 127 Å². The number of rotatable bonds is 11. The van der Waals surface area contributed by atoms with Gasteiger partial charge in [-0.3, -0.25) is 0 Å². The predicted octanol–water partition coefficient (Wildman–Crippen LogP) is 0.309. The van der Waals surface area contributed by atoms with Crippen LogP contribution >= 0.6 is 0 Å². The van der Waals surface area contributed by atoms with Crippen LogP contribution in [0.3, 0.4) is 0 Å². The van der Waals surface area contributed by atoms with Crippen LogP contribution in [0, 0.1) is 5.92 Å². The second kappa shape index (κ2) is 10.5. The molecule has 128 valence electrons. The Balaban J connectivity index is 4.57. The molecule has 4 N–H and O–H groups in total. The molecule has 0 aliphatic heterocycles. The zero-order valence-electron chi connectivity index (χ0n) is 13.7. The van der Waals surface area contributed by atoms with Gasteiger partial charge in [-0.1, -0.05) is 0 Å². The van der Waals surface area contributed by atoms with Gasteiger partial charge in [-0.2, -0.15) is 0 Å². The average molecular weight is 308 g/mol. The summed E-state index contributed by atoms with van der Waals surface area (Å²) in [7, 11) is 1.57. The molecule has 0 aromatic carbocycles. The SMILES string of the molecule is COC(CCOC(C)(C)C)C(CC(O)CO)CC(O)CO. The highest BCUT2D eigenvalue weighted by molar-refractivity contribution is 4.77. The lowest BCUT2D eigenvalue weighted by atomic mass is 9.88. The molecule has 0 bridgehead atoms. The van der Waals surface area contributed by atoms with Crippen LogP contribution in [0.15, 0.2) is 0 Å². The third-order valence-electron chi connectivity index (χ3n) is 3.34. The molecule has 0 radical (unpaired) electrons. The summed E-state index contributed by atoms with van der Waals surface area (Å²) in [6.45, 7) is 5.75. The van der Waals surface area contributed by atoms with Crippen LogP contribution in [0.4, 0.5) is 0 Å². The van der Waals surface area contributed by atoms with E-state index in [-0.39, 0.29) is 30.8 Å². The van der Waals surface area contributed by atoms with Crippen molar-refractivity contribution >= 4 is 0 Å². The number of aliphatic hydroxyl groups excluding tert-OH is 4. The molecule has 0 aliphatic carbocycles. The maximum Gasteiger partial charge on any atom is 0.0774 e. The normalized spacial score (nSPS) is 18.3. The zero-order chi connectivity index (χ0) is 16.5. The van der Waals surface area contributed by atoms with Crippen molar-refractivity contribution in [1.29, 1.82) is 0 Å². The molecule has 21 heavy (non-hydrogen) atoms. The van der Waals surface area contributed by atoms with Gasteiger partial charge in [-0.25, -0.2) is 0 Å². The molecule has 0 saturated heterocycles. The molecule has 0 spiro atoms. The highest BCUT2D eigenvalue weighted by Gasteiger charge is 2.26. The molecule has 0 heterocycles. The van der Waals surface area contributed by atoms with Crippen molar-refractivity contribution in [3.8, 4) is 0 Å². The minimum atomic E-state index is -0.859. The third kappa shape index (κ3) is 10.2. The maximum absolute atomic E-state index is 9.63. The molecular formula is C15H32O6. The highest BCUT2D eigenvalue weighted by atomic mass is 16.5. The summed E-state index contributed by atoms with van der Waals surface area (Å²) in [6, 6.07) is 0. The van der Waals surface area contributed by atoms with Gasteiger partial charge >= 0.3 is 0 Å². The van der Waals surface area contributed by atoms with E-state index in [0.717, 1.165) is 0 Å². The largest absolute Gasteiger partial charge is 0.394 e. The van der Waals surface area contributed by atoms with E-state index in [2.05, 4.69) is 0 Å². The number of ether oxygens (including phenoxy) is 2. The number of hydrogen-bond donors (Lipinski definition) is 4. The van der Waals surface area contributed by atoms with Crippen LogP contribution in [-0.4, -0.2) is 71.3 Å². The summed E-state index contributed by atoms with van der Waals surface area (Å²) in [5.41, 5.74) is -0.233. The summed E-state index contributed by atoms with van der Waals surface area (Å²) in [6.07, 6.45) is -0.698. The standard InChI is InChI=1S/C15H32O6/c1-15(2,3)21-6-5-14(20-4)11(7-12(18)9-16)8-13(19)10-17/h11-14,16-19H,5-10H2,1-4H3. The van der Waals surface area contributed by atoms with Gasteiger partial charge < -0.3 is 29.9 Å². The summed E-state index contributed by atoms with van der Waals surface area (Å²) in [5, 5.41) is 37.2. The first-order valence-corrected chi connectivity index (χ1v) is 7.48. The molecular weight excluding hydrogens is 276 g/mol. The van der Waals surface area contributed by atoms with Gasteiger partial charge in [0.1, 0.15) is 0 Å².